The Morgan fingerprint density at radius 1 is 1.23 bits per heavy atom. The van der Waals surface area contributed by atoms with E-state index in [1.165, 1.54) is 16.7 Å². The molecule has 1 aromatic rings. The maximum Gasteiger partial charge on any atom is 0.193 e. The van der Waals surface area contributed by atoms with E-state index in [4.69, 9.17) is 9.47 Å². The molecule has 0 saturated carbocycles. The van der Waals surface area contributed by atoms with Crippen LogP contribution in [0, 0.1) is 20.8 Å². The molecule has 0 amide bonds. The number of aliphatic imine (C=N–C) groups is 1. The standard InChI is InChI=1S/C21H35N3O2/c1-6-25-19-8-11-24(12-9-19)21(22-5)23-10-7-13-26-20-15-16(2)14-17(3)18(20)4/h14-15,19H,6-13H2,1-5H3,(H,22,23). The maximum atomic E-state index is 5.99. The van der Waals surface area contributed by atoms with Gasteiger partial charge in [0.25, 0.3) is 0 Å². The van der Waals surface area contributed by atoms with E-state index in [1.807, 2.05) is 7.05 Å². The number of benzene rings is 1. The predicted molar refractivity (Wildman–Crippen MR) is 108 cm³/mol. The zero-order valence-corrected chi connectivity index (χ0v) is 17.1. The third-order valence-electron chi connectivity index (χ3n) is 4.98. The highest BCUT2D eigenvalue weighted by Gasteiger charge is 2.21. The van der Waals surface area contributed by atoms with Crippen LogP contribution in [0.5, 0.6) is 5.75 Å². The molecule has 5 nitrogen and oxygen atoms in total. The van der Waals surface area contributed by atoms with E-state index in [0.29, 0.717) is 12.7 Å². The van der Waals surface area contributed by atoms with Crippen LogP contribution < -0.4 is 10.1 Å². The Balaban J connectivity index is 1.70. The molecule has 1 N–H and O–H groups in total. The highest BCUT2D eigenvalue weighted by atomic mass is 16.5. The fourth-order valence-electron chi connectivity index (χ4n) is 3.41. The fraction of sp³-hybridized carbons (Fsp3) is 0.667. The molecule has 0 aliphatic carbocycles. The molecule has 0 unspecified atom stereocenters. The average molecular weight is 362 g/mol. The summed E-state index contributed by atoms with van der Waals surface area (Å²) in [6.07, 6.45) is 3.50. The van der Waals surface area contributed by atoms with Crippen molar-refractivity contribution in [1.82, 2.24) is 10.2 Å². The van der Waals surface area contributed by atoms with Gasteiger partial charge in [0, 0.05) is 33.3 Å². The van der Waals surface area contributed by atoms with Gasteiger partial charge < -0.3 is 19.7 Å². The van der Waals surface area contributed by atoms with Gasteiger partial charge in [0.2, 0.25) is 0 Å². The van der Waals surface area contributed by atoms with Gasteiger partial charge >= 0.3 is 0 Å². The molecule has 0 atom stereocenters. The minimum Gasteiger partial charge on any atom is -0.493 e. The van der Waals surface area contributed by atoms with E-state index >= 15 is 0 Å². The number of aryl methyl sites for hydroxylation is 2. The summed E-state index contributed by atoms with van der Waals surface area (Å²) in [5.74, 6) is 1.99. The predicted octanol–water partition coefficient (Wildman–Crippen LogP) is 3.46. The van der Waals surface area contributed by atoms with Gasteiger partial charge in [0.05, 0.1) is 12.7 Å². The van der Waals surface area contributed by atoms with Crippen molar-refractivity contribution in [3.05, 3.63) is 28.8 Å². The number of ether oxygens (including phenoxy) is 2. The van der Waals surface area contributed by atoms with Crippen molar-refractivity contribution < 1.29 is 9.47 Å². The summed E-state index contributed by atoms with van der Waals surface area (Å²) in [5, 5.41) is 3.46. The molecule has 1 fully saturated rings. The van der Waals surface area contributed by atoms with Crippen LogP contribution in [0.25, 0.3) is 0 Å². The van der Waals surface area contributed by atoms with Crippen molar-refractivity contribution in [3.63, 3.8) is 0 Å². The second-order valence-electron chi connectivity index (χ2n) is 7.02. The Kier molecular flexibility index (Phi) is 8.23. The minimum absolute atomic E-state index is 0.406. The summed E-state index contributed by atoms with van der Waals surface area (Å²) in [6, 6.07) is 4.32. The number of nitrogens with zero attached hydrogens (tertiary/aromatic N) is 2. The van der Waals surface area contributed by atoms with E-state index in [1.54, 1.807) is 0 Å². The summed E-state index contributed by atoms with van der Waals surface area (Å²) >= 11 is 0. The van der Waals surface area contributed by atoms with Crippen molar-refractivity contribution in [2.45, 2.75) is 53.1 Å². The topological polar surface area (TPSA) is 46.1 Å². The summed E-state index contributed by atoms with van der Waals surface area (Å²) in [7, 11) is 1.85. The van der Waals surface area contributed by atoms with Crippen LogP contribution in [-0.4, -0.2) is 56.9 Å². The van der Waals surface area contributed by atoms with E-state index < -0.39 is 0 Å². The molecule has 0 bridgehead atoms. The molecule has 146 valence electrons. The zero-order valence-electron chi connectivity index (χ0n) is 17.1. The average Bonchev–Trinajstić information content (AvgIpc) is 2.63. The van der Waals surface area contributed by atoms with Crippen molar-refractivity contribution in [2.75, 3.05) is 39.9 Å². The molecule has 1 aliphatic rings. The lowest BCUT2D eigenvalue weighted by Crippen LogP contribution is -2.47. The first-order chi connectivity index (χ1) is 12.5. The Bertz CT molecular complexity index is 593. The van der Waals surface area contributed by atoms with Gasteiger partial charge in [-0.15, -0.1) is 0 Å². The van der Waals surface area contributed by atoms with Crippen LogP contribution in [0.15, 0.2) is 17.1 Å². The number of likely N-dealkylation sites (tertiary alicyclic amines) is 1. The van der Waals surface area contributed by atoms with Crippen LogP contribution in [0.1, 0.15) is 42.9 Å². The van der Waals surface area contributed by atoms with Crippen molar-refractivity contribution in [1.29, 1.82) is 0 Å². The molecule has 0 aromatic heterocycles. The first kappa shape index (κ1) is 20.6. The van der Waals surface area contributed by atoms with Crippen molar-refractivity contribution in [3.8, 4) is 5.75 Å². The lowest BCUT2D eigenvalue weighted by atomic mass is 10.1. The number of guanidine groups is 1. The summed E-state index contributed by atoms with van der Waals surface area (Å²) in [4.78, 5) is 6.75. The molecule has 1 heterocycles. The van der Waals surface area contributed by atoms with Crippen LogP contribution in [-0.2, 0) is 4.74 Å². The number of hydrogen-bond donors (Lipinski definition) is 1. The second-order valence-corrected chi connectivity index (χ2v) is 7.02. The minimum atomic E-state index is 0.406. The highest BCUT2D eigenvalue weighted by molar-refractivity contribution is 5.79. The molecular formula is C21H35N3O2. The second kappa shape index (κ2) is 10.4. The van der Waals surface area contributed by atoms with Gasteiger partial charge in [-0.3, -0.25) is 4.99 Å². The van der Waals surface area contributed by atoms with Crippen molar-refractivity contribution in [2.24, 2.45) is 4.99 Å². The molecule has 26 heavy (non-hydrogen) atoms. The molecule has 2 rings (SSSR count). The molecule has 1 aromatic carbocycles. The van der Waals surface area contributed by atoms with Gasteiger partial charge in [-0.05, 0) is 69.7 Å². The largest absolute Gasteiger partial charge is 0.493 e. The van der Waals surface area contributed by atoms with E-state index in [2.05, 4.69) is 55.0 Å². The Hall–Kier alpha value is -1.75. The molecule has 0 spiro atoms. The number of rotatable bonds is 7. The van der Waals surface area contributed by atoms with Gasteiger partial charge in [-0.25, -0.2) is 0 Å². The Morgan fingerprint density at radius 2 is 1.96 bits per heavy atom. The number of nitrogens with one attached hydrogen (secondary N) is 1. The van der Waals surface area contributed by atoms with Crippen molar-refractivity contribution >= 4 is 5.96 Å². The van der Waals surface area contributed by atoms with E-state index in [0.717, 1.165) is 57.2 Å². The van der Waals surface area contributed by atoms with Gasteiger partial charge in [0.1, 0.15) is 5.75 Å². The lowest BCUT2D eigenvalue weighted by molar-refractivity contribution is 0.0264. The van der Waals surface area contributed by atoms with E-state index in [-0.39, 0.29) is 0 Å². The molecule has 5 heteroatoms. The molecule has 0 radical (unpaired) electrons. The molecule has 1 saturated heterocycles. The summed E-state index contributed by atoms with van der Waals surface area (Å²) in [5.41, 5.74) is 3.77. The first-order valence-electron chi connectivity index (χ1n) is 9.83. The third-order valence-corrected chi connectivity index (χ3v) is 4.98. The molecule has 1 aliphatic heterocycles. The van der Waals surface area contributed by atoms with Crippen LogP contribution in [0.4, 0.5) is 0 Å². The normalized spacial score (nSPS) is 16.0. The third kappa shape index (κ3) is 5.90. The fourth-order valence-corrected chi connectivity index (χ4v) is 3.41. The summed E-state index contributed by atoms with van der Waals surface area (Å²) < 4.78 is 11.7. The number of hydrogen-bond acceptors (Lipinski definition) is 3. The van der Waals surface area contributed by atoms with Crippen LogP contribution in [0.3, 0.4) is 0 Å². The lowest BCUT2D eigenvalue weighted by Gasteiger charge is -2.34. The quantitative estimate of drug-likeness (QED) is 0.459. The smallest absolute Gasteiger partial charge is 0.193 e. The Morgan fingerprint density at radius 3 is 2.62 bits per heavy atom. The van der Waals surface area contributed by atoms with Crippen LogP contribution in [0.2, 0.25) is 0 Å². The highest BCUT2D eigenvalue weighted by Crippen LogP contribution is 2.23. The maximum absolute atomic E-state index is 5.99. The SMILES string of the molecule is CCOC1CCN(C(=NC)NCCCOc2cc(C)cc(C)c2C)CC1. The van der Waals surface area contributed by atoms with E-state index in [9.17, 15) is 0 Å². The number of piperidine rings is 1. The summed E-state index contributed by atoms with van der Waals surface area (Å²) in [6.45, 7) is 12.8. The van der Waals surface area contributed by atoms with Gasteiger partial charge in [-0.1, -0.05) is 6.07 Å². The monoisotopic (exact) mass is 361 g/mol. The first-order valence-corrected chi connectivity index (χ1v) is 9.83. The Labute approximate surface area is 158 Å². The van der Waals surface area contributed by atoms with Gasteiger partial charge in [-0.2, -0.15) is 0 Å². The van der Waals surface area contributed by atoms with Gasteiger partial charge in [0.15, 0.2) is 5.96 Å². The molecular weight excluding hydrogens is 326 g/mol. The zero-order chi connectivity index (χ0) is 18.9. The van der Waals surface area contributed by atoms with Crippen LogP contribution >= 0.6 is 0 Å².